The molecule has 2 N–H and O–H groups in total. The molecule has 0 unspecified atom stereocenters. The maximum absolute atomic E-state index is 13.1. The Morgan fingerprint density at radius 1 is 1.21 bits per heavy atom. The minimum Gasteiger partial charge on any atom is -0.338 e. The Hall–Kier alpha value is -1.93. The highest BCUT2D eigenvalue weighted by atomic mass is 19.3. The second-order valence-electron chi connectivity index (χ2n) is 6.79. The van der Waals surface area contributed by atoms with Gasteiger partial charge in [0.05, 0.1) is 6.54 Å². The van der Waals surface area contributed by atoms with E-state index in [0.29, 0.717) is 19.3 Å². The van der Waals surface area contributed by atoms with Crippen LogP contribution in [0.5, 0.6) is 0 Å². The second kappa shape index (κ2) is 6.18. The van der Waals surface area contributed by atoms with Crippen LogP contribution >= 0.6 is 0 Å². The van der Waals surface area contributed by atoms with E-state index in [1.165, 1.54) is 4.90 Å². The van der Waals surface area contributed by atoms with Gasteiger partial charge in [0, 0.05) is 26.1 Å². The molecule has 0 aromatic heterocycles. The molecule has 0 aromatic carbocycles. The van der Waals surface area contributed by atoms with Crippen molar-refractivity contribution in [1.29, 1.82) is 0 Å². The van der Waals surface area contributed by atoms with Crippen molar-refractivity contribution in [3.63, 3.8) is 0 Å². The summed E-state index contributed by atoms with van der Waals surface area (Å²) in [7, 11) is 0. The minimum atomic E-state index is -2.81. The molecule has 9 heteroatoms. The lowest BCUT2D eigenvalue weighted by Gasteiger charge is -2.20. The van der Waals surface area contributed by atoms with Gasteiger partial charge in [-0.1, -0.05) is 12.8 Å². The lowest BCUT2D eigenvalue weighted by Crippen LogP contribution is -2.44. The molecule has 0 radical (unpaired) electrons. The van der Waals surface area contributed by atoms with E-state index in [2.05, 4.69) is 10.6 Å². The standard InChI is InChI=1S/C15H22F2N4O3/c16-15(17)6-9-20(10-15)12(23)18-7-3-8-21-11(22)14(19-13(21)24)4-1-2-5-14/h1-10H2,(H,18,23)(H,19,24). The molecule has 3 aliphatic rings. The maximum atomic E-state index is 13.1. The Labute approximate surface area is 138 Å². The molecule has 134 valence electrons. The summed E-state index contributed by atoms with van der Waals surface area (Å²) in [5.74, 6) is -3.00. The fraction of sp³-hybridized carbons (Fsp3) is 0.800. The van der Waals surface area contributed by atoms with Crippen LogP contribution in [0.25, 0.3) is 0 Å². The number of nitrogens with one attached hydrogen (secondary N) is 2. The van der Waals surface area contributed by atoms with Gasteiger partial charge in [-0.2, -0.15) is 0 Å². The average molecular weight is 344 g/mol. The molecule has 2 aliphatic heterocycles. The van der Waals surface area contributed by atoms with Gasteiger partial charge < -0.3 is 15.5 Å². The number of hydrogen-bond acceptors (Lipinski definition) is 3. The lowest BCUT2D eigenvalue weighted by atomic mass is 9.98. The molecule has 24 heavy (non-hydrogen) atoms. The number of hydrogen-bond donors (Lipinski definition) is 2. The molecule has 0 aromatic rings. The second-order valence-corrected chi connectivity index (χ2v) is 6.79. The number of carbonyl (C=O) groups excluding carboxylic acids is 3. The monoisotopic (exact) mass is 344 g/mol. The molecular formula is C15H22F2N4O3. The summed E-state index contributed by atoms with van der Waals surface area (Å²) in [6, 6.07) is -0.913. The van der Waals surface area contributed by atoms with Crippen LogP contribution in [-0.2, 0) is 4.79 Å². The fourth-order valence-electron chi connectivity index (χ4n) is 3.65. The van der Waals surface area contributed by atoms with Gasteiger partial charge in [0.25, 0.3) is 11.8 Å². The van der Waals surface area contributed by atoms with Crippen molar-refractivity contribution in [2.45, 2.75) is 50.0 Å². The highest BCUT2D eigenvalue weighted by molar-refractivity contribution is 6.07. The van der Waals surface area contributed by atoms with Gasteiger partial charge >= 0.3 is 12.1 Å². The Bertz CT molecular complexity index is 549. The summed E-state index contributed by atoms with van der Waals surface area (Å²) >= 11 is 0. The highest BCUT2D eigenvalue weighted by Crippen LogP contribution is 2.35. The van der Waals surface area contributed by atoms with Gasteiger partial charge in [-0.3, -0.25) is 9.69 Å². The smallest absolute Gasteiger partial charge is 0.325 e. The van der Waals surface area contributed by atoms with E-state index in [4.69, 9.17) is 0 Å². The van der Waals surface area contributed by atoms with Crippen molar-refractivity contribution in [2.24, 2.45) is 0 Å². The zero-order chi connectivity index (χ0) is 17.4. The molecule has 7 nitrogen and oxygen atoms in total. The number of urea groups is 2. The first-order chi connectivity index (χ1) is 11.3. The molecule has 1 spiro atoms. The van der Waals surface area contributed by atoms with Gasteiger partial charge in [-0.25, -0.2) is 18.4 Å². The van der Waals surface area contributed by atoms with Crippen molar-refractivity contribution in [3.8, 4) is 0 Å². The Balaban J connectivity index is 1.41. The van der Waals surface area contributed by atoms with E-state index in [1.807, 2.05) is 0 Å². The van der Waals surface area contributed by atoms with Crippen LogP contribution < -0.4 is 10.6 Å². The third-order valence-electron chi connectivity index (χ3n) is 4.99. The third kappa shape index (κ3) is 3.16. The normalized spacial score (nSPS) is 24.8. The Morgan fingerprint density at radius 3 is 2.54 bits per heavy atom. The average Bonchev–Trinajstić information content (AvgIpc) is 3.18. The van der Waals surface area contributed by atoms with Gasteiger partial charge in [0.2, 0.25) is 0 Å². The van der Waals surface area contributed by atoms with Crippen LogP contribution in [0.4, 0.5) is 18.4 Å². The molecule has 3 rings (SSSR count). The van der Waals surface area contributed by atoms with E-state index in [9.17, 15) is 23.2 Å². The topological polar surface area (TPSA) is 81.8 Å². The molecule has 1 saturated carbocycles. The quantitative estimate of drug-likeness (QED) is 0.596. The summed E-state index contributed by atoms with van der Waals surface area (Å²) in [5.41, 5.74) is -0.721. The SMILES string of the molecule is O=C(NCCCN1C(=O)NC2(CCCC2)C1=O)N1CCC(F)(F)C1. The predicted octanol–water partition coefficient (Wildman–Crippen LogP) is 1.29. The fourth-order valence-corrected chi connectivity index (χ4v) is 3.65. The third-order valence-corrected chi connectivity index (χ3v) is 4.99. The van der Waals surface area contributed by atoms with Gasteiger partial charge in [0.15, 0.2) is 0 Å². The number of carbonyl (C=O) groups is 3. The Morgan fingerprint density at radius 2 is 1.92 bits per heavy atom. The van der Waals surface area contributed by atoms with Crippen LogP contribution in [0, 0.1) is 0 Å². The number of nitrogens with zero attached hydrogens (tertiary/aromatic N) is 2. The van der Waals surface area contributed by atoms with Crippen LogP contribution in [0.15, 0.2) is 0 Å². The summed E-state index contributed by atoms with van der Waals surface area (Å²) in [6.45, 7) is -0.0867. The number of rotatable bonds is 4. The molecule has 3 fully saturated rings. The number of alkyl halides is 2. The van der Waals surface area contributed by atoms with E-state index in [-0.39, 0.29) is 38.0 Å². The van der Waals surface area contributed by atoms with Crippen LogP contribution in [0.3, 0.4) is 0 Å². The number of likely N-dealkylation sites (tertiary alicyclic amines) is 1. The van der Waals surface area contributed by atoms with Crippen molar-refractivity contribution in [1.82, 2.24) is 20.4 Å². The summed E-state index contributed by atoms with van der Waals surface area (Å²) in [4.78, 5) is 38.4. The van der Waals surface area contributed by atoms with Crippen LogP contribution in [0.2, 0.25) is 0 Å². The molecule has 2 saturated heterocycles. The summed E-state index contributed by atoms with van der Waals surface area (Å²) in [5, 5.41) is 5.35. The first-order valence-electron chi connectivity index (χ1n) is 8.38. The van der Waals surface area contributed by atoms with Crippen LogP contribution in [-0.4, -0.2) is 65.4 Å². The largest absolute Gasteiger partial charge is 0.338 e. The van der Waals surface area contributed by atoms with Crippen LogP contribution in [0.1, 0.15) is 38.5 Å². The number of amides is 5. The van der Waals surface area contributed by atoms with E-state index >= 15 is 0 Å². The summed E-state index contributed by atoms with van der Waals surface area (Å²) in [6.07, 6.45) is 3.28. The molecular weight excluding hydrogens is 322 g/mol. The lowest BCUT2D eigenvalue weighted by molar-refractivity contribution is -0.131. The highest BCUT2D eigenvalue weighted by Gasteiger charge is 2.52. The molecule has 1 aliphatic carbocycles. The zero-order valence-corrected chi connectivity index (χ0v) is 13.4. The molecule has 0 atom stereocenters. The maximum Gasteiger partial charge on any atom is 0.325 e. The van der Waals surface area contributed by atoms with Crippen molar-refractivity contribution in [2.75, 3.05) is 26.2 Å². The first kappa shape index (κ1) is 16.9. The molecule has 2 heterocycles. The predicted molar refractivity (Wildman–Crippen MR) is 80.6 cm³/mol. The van der Waals surface area contributed by atoms with Crippen molar-refractivity contribution >= 4 is 18.0 Å². The number of halogens is 2. The van der Waals surface area contributed by atoms with Gasteiger partial charge in [0.1, 0.15) is 5.54 Å². The van der Waals surface area contributed by atoms with Crippen molar-refractivity contribution < 1.29 is 23.2 Å². The molecule has 5 amide bonds. The number of imide groups is 1. The summed E-state index contributed by atoms with van der Waals surface area (Å²) < 4.78 is 26.1. The first-order valence-corrected chi connectivity index (χ1v) is 8.38. The zero-order valence-electron chi connectivity index (χ0n) is 13.4. The van der Waals surface area contributed by atoms with E-state index < -0.39 is 24.0 Å². The van der Waals surface area contributed by atoms with Gasteiger partial charge in [-0.15, -0.1) is 0 Å². The van der Waals surface area contributed by atoms with E-state index in [1.54, 1.807) is 0 Å². The molecule has 0 bridgehead atoms. The van der Waals surface area contributed by atoms with Crippen molar-refractivity contribution in [3.05, 3.63) is 0 Å². The van der Waals surface area contributed by atoms with Gasteiger partial charge in [-0.05, 0) is 19.3 Å². The van der Waals surface area contributed by atoms with E-state index in [0.717, 1.165) is 17.7 Å². The minimum absolute atomic E-state index is 0.0361. The Kier molecular flexibility index (Phi) is 4.35.